The van der Waals surface area contributed by atoms with Crippen molar-refractivity contribution in [2.45, 2.75) is 6.54 Å². The van der Waals surface area contributed by atoms with Crippen LogP contribution in [0, 0.1) is 0 Å². The highest BCUT2D eigenvalue weighted by Gasteiger charge is 2.17. The first-order valence-corrected chi connectivity index (χ1v) is 11.4. The predicted octanol–water partition coefficient (Wildman–Crippen LogP) is 4.75. The van der Waals surface area contributed by atoms with Crippen LogP contribution in [-0.2, 0) is 6.54 Å². The zero-order valence-corrected chi connectivity index (χ0v) is 18.9. The second-order valence-corrected chi connectivity index (χ2v) is 8.95. The summed E-state index contributed by atoms with van der Waals surface area (Å²) in [5.41, 5.74) is 8.30. The normalized spacial score (nSPS) is 11.7. The molecule has 6 heterocycles. The highest BCUT2D eigenvalue weighted by atomic mass is 32.1. The molecule has 0 atom stereocenters. The summed E-state index contributed by atoms with van der Waals surface area (Å²) in [6.07, 6.45) is 7.40. The fraction of sp³-hybridized carbons (Fsp3) is 0.125. The Hall–Kier alpha value is -3.95. The first-order chi connectivity index (χ1) is 16.2. The number of H-pyrrole nitrogens is 2. The van der Waals surface area contributed by atoms with E-state index in [4.69, 9.17) is 4.98 Å². The van der Waals surface area contributed by atoms with Gasteiger partial charge in [-0.05, 0) is 60.2 Å². The molecule has 9 heteroatoms. The Morgan fingerprint density at radius 1 is 0.970 bits per heavy atom. The van der Waals surface area contributed by atoms with Gasteiger partial charge in [-0.25, -0.2) is 15.0 Å². The molecule has 6 aromatic heterocycles. The zero-order chi connectivity index (χ0) is 22.4. The number of hydrogen-bond acceptors (Lipinski definition) is 7. The molecule has 6 aromatic rings. The minimum Gasteiger partial charge on any atom is -0.321 e. The third-order valence-electron chi connectivity index (χ3n) is 5.48. The molecule has 0 saturated carbocycles. The standard InChI is InChI=1S/C24H20N8S/c1-32(2)12-14-7-16(10-25-9-14)17-8-19-21(30-31-22(19)27-11-17)24-28-20-18(15-4-6-33-13-15)3-5-26-23(20)29-24/h3-11,13H,12H2,1-2H3,(H,26,28,29)(H,27,30,31). The molecule has 0 aliphatic rings. The van der Waals surface area contributed by atoms with E-state index in [0.717, 1.165) is 50.9 Å². The Labute approximate surface area is 193 Å². The Bertz CT molecular complexity index is 1580. The second-order valence-electron chi connectivity index (χ2n) is 8.17. The van der Waals surface area contributed by atoms with Crippen molar-refractivity contribution >= 4 is 33.5 Å². The monoisotopic (exact) mass is 452 g/mol. The maximum atomic E-state index is 4.87. The molecule has 0 fully saturated rings. The number of fused-ring (bicyclic) bond motifs is 2. The second kappa shape index (κ2) is 7.88. The number of aromatic amines is 2. The molecule has 33 heavy (non-hydrogen) atoms. The number of pyridine rings is 3. The lowest BCUT2D eigenvalue weighted by Crippen LogP contribution is -2.10. The minimum atomic E-state index is 0.657. The van der Waals surface area contributed by atoms with Crippen LogP contribution in [0.2, 0.25) is 0 Å². The van der Waals surface area contributed by atoms with Gasteiger partial charge in [0.15, 0.2) is 17.1 Å². The smallest absolute Gasteiger partial charge is 0.161 e. The van der Waals surface area contributed by atoms with Crippen LogP contribution < -0.4 is 0 Å². The number of nitrogens with one attached hydrogen (secondary N) is 2. The van der Waals surface area contributed by atoms with E-state index in [-0.39, 0.29) is 0 Å². The number of imidazole rings is 1. The van der Waals surface area contributed by atoms with E-state index in [2.05, 4.69) is 64.0 Å². The van der Waals surface area contributed by atoms with Crippen LogP contribution in [0.3, 0.4) is 0 Å². The van der Waals surface area contributed by atoms with Gasteiger partial charge in [-0.15, -0.1) is 0 Å². The number of aromatic nitrogens is 7. The van der Waals surface area contributed by atoms with Crippen molar-refractivity contribution in [2.24, 2.45) is 0 Å². The van der Waals surface area contributed by atoms with E-state index in [1.807, 2.05) is 38.8 Å². The van der Waals surface area contributed by atoms with Gasteiger partial charge in [0.25, 0.3) is 0 Å². The molecule has 0 aliphatic heterocycles. The van der Waals surface area contributed by atoms with Crippen LogP contribution in [0.5, 0.6) is 0 Å². The first-order valence-electron chi connectivity index (χ1n) is 10.5. The fourth-order valence-electron chi connectivity index (χ4n) is 4.01. The largest absolute Gasteiger partial charge is 0.321 e. The van der Waals surface area contributed by atoms with Gasteiger partial charge in [-0.1, -0.05) is 0 Å². The summed E-state index contributed by atoms with van der Waals surface area (Å²) in [4.78, 5) is 23.8. The van der Waals surface area contributed by atoms with Crippen LogP contribution in [0.15, 0.2) is 59.8 Å². The van der Waals surface area contributed by atoms with Gasteiger partial charge in [0.05, 0.1) is 5.39 Å². The van der Waals surface area contributed by atoms with Crippen molar-refractivity contribution in [1.82, 2.24) is 40.0 Å². The van der Waals surface area contributed by atoms with Crippen LogP contribution in [-0.4, -0.2) is 54.1 Å². The topological polar surface area (TPSA) is 99.3 Å². The third-order valence-corrected chi connectivity index (χ3v) is 6.17. The summed E-state index contributed by atoms with van der Waals surface area (Å²) >= 11 is 1.66. The lowest BCUT2D eigenvalue weighted by molar-refractivity contribution is 0.402. The molecule has 0 bridgehead atoms. The number of thiophene rings is 1. The molecule has 6 rings (SSSR count). The van der Waals surface area contributed by atoms with E-state index in [0.29, 0.717) is 17.2 Å². The summed E-state index contributed by atoms with van der Waals surface area (Å²) in [5, 5.41) is 12.6. The van der Waals surface area contributed by atoms with Gasteiger partial charge < -0.3 is 9.88 Å². The molecular weight excluding hydrogens is 432 g/mol. The van der Waals surface area contributed by atoms with Crippen LogP contribution in [0.4, 0.5) is 0 Å². The van der Waals surface area contributed by atoms with Crippen LogP contribution in [0.1, 0.15) is 5.56 Å². The average Bonchev–Trinajstić information content (AvgIpc) is 3.57. The van der Waals surface area contributed by atoms with E-state index >= 15 is 0 Å². The SMILES string of the molecule is CN(C)Cc1cncc(-c2cnc3[nH]nc(-c4nc5c(-c6ccsc6)ccnc5[nH]4)c3c2)c1. The molecule has 2 N–H and O–H groups in total. The lowest BCUT2D eigenvalue weighted by atomic mass is 10.1. The van der Waals surface area contributed by atoms with E-state index in [9.17, 15) is 0 Å². The predicted molar refractivity (Wildman–Crippen MR) is 131 cm³/mol. The number of rotatable bonds is 5. The highest BCUT2D eigenvalue weighted by molar-refractivity contribution is 7.08. The van der Waals surface area contributed by atoms with Gasteiger partial charge >= 0.3 is 0 Å². The molecule has 0 amide bonds. The zero-order valence-electron chi connectivity index (χ0n) is 18.1. The van der Waals surface area contributed by atoms with Gasteiger partial charge in [0.2, 0.25) is 0 Å². The Morgan fingerprint density at radius 3 is 2.73 bits per heavy atom. The van der Waals surface area contributed by atoms with Crippen molar-refractivity contribution in [2.75, 3.05) is 14.1 Å². The van der Waals surface area contributed by atoms with Gasteiger partial charge in [0.1, 0.15) is 11.2 Å². The molecule has 162 valence electrons. The van der Waals surface area contributed by atoms with Crippen LogP contribution >= 0.6 is 11.3 Å². The van der Waals surface area contributed by atoms with Gasteiger partial charge in [-0.3, -0.25) is 10.1 Å². The van der Waals surface area contributed by atoms with Gasteiger partial charge in [0, 0.05) is 48.0 Å². The molecule has 0 aliphatic carbocycles. The summed E-state index contributed by atoms with van der Waals surface area (Å²) in [6, 6.07) is 8.31. The van der Waals surface area contributed by atoms with Gasteiger partial charge in [-0.2, -0.15) is 16.4 Å². The van der Waals surface area contributed by atoms with E-state index in [1.165, 1.54) is 0 Å². The molecule has 8 nitrogen and oxygen atoms in total. The average molecular weight is 453 g/mol. The molecule has 0 radical (unpaired) electrons. The van der Waals surface area contributed by atoms with Crippen molar-refractivity contribution in [3.8, 4) is 33.8 Å². The van der Waals surface area contributed by atoms with E-state index < -0.39 is 0 Å². The molecule has 0 spiro atoms. The number of nitrogens with zero attached hydrogens (tertiary/aromatic N) is 6. The first kappa shape index (κ1) is 19.7. The van der Waals surface area contributed by atoms with Crippen LogP contribution in [0.25, 0.3) is 56.0 Å². The summed E-state index contributed by atoms with van der Waals surface area (Å²) in [6.45, 7) is 0.825. The summed E-state index contributed by atoms with van der Waals surface area (Å²) < 4.78 is 0. The Balaban J connectivity index is 1.45. The Morgan fingerprint density at radius 2 is 1.88 bits per heavy atom. The molecule has 0 aromatic carbocycles. The van der Waals surface area contributed by atoms with Crippen molar-refractivity contribution in [3.63, 3.8) is 0 Å². The molecule has 0 saturated heterocycles. The lowest BCUT2D eigenvalue weighted by Gasteiger charge is -2.10. The molecule has 0 unspecified atom stereocenters. The van der Waals surface area contributed by atoms with Crippen molar-refractivity contribution in [1.29, 1.82) is 0 Å². The third kappa shape index (κ3) is 3.57. The Kier molecular flexibility index (Phi) is 4.70. The highest BCUT2D eigenvalue weighted by Crippen LogP contribution is 2.32. The molecular formula is C24H20N8S. The summed E-state index contributed by atoms with van der Waals surface area (Å²) in [7, 11) is 4.09. The summed E-state index contributed by atoms with van der Waals surface area (Å²) in [5.74, 6) is 0.657. The minimum absolute atomic E-state index is 0.657. The van der Waals surface area contributed by atoms with Crippen molar-refractivity contribution in [3.05, 3.63) is 65.4 Å². The number of hydrogen-bond donors (Lipinski definition) is 2. The van der Waals surface area contributed by atoms with E-state index in [1.54, 1.807) is 17.5 Å². The maximum Gasteiger partial charge on any atom is 0.161 e. The quantitative estimate of drug-likeness (QED) is 0.392. The van der Waals surface area contributed by atoms with Crippen molar-refractivity contribution < 1.29 is 0 Å². The fourth-order valence-corrected chi connectivity index (χ4v) is 4.67. The maximum absolute atomic E-state index is 4.87.